The molecule has 0 radical (unpaired) electrons. The smallest absolute Gasteiger partial charge is 0.128 e. The summed E-state index contributed by atoms with van der Waals surface area (Å²) >= 11 is 0. The number of hydrogen-bond acceptors (Lipinski definition) is 2. The van der Waals surface area contributed by atoms with Crippen LogP contribution in [-0.4, -0.2) is 4.57 Å². The molecule has 3 nitrogen and oxygen atoms in total. The molecule has 12 heavy (non-hydrogen) atoms. The molecule has 0 saturated carbocycles. The second-order valence-electron chi connectivity index (χ2n) is 2.41. The molecule has 0 bridgehead atoms. The summed E-state index contributed by atoms with van der Waals surface area (Å²) in [6, 6.07) is 3.97. The van der Waals surface area contributed by atoms with Crippen molar-refractivity contribution >= 4 is 6.20 Å². The van der Waals surface area contributed by atoms with Crippen molar-refractivity contribution in [3.63, 3.8) is 0 Å². The van der Waals surface area contributed by atoms with Crippen LogP contribution in [0.4, 0.5) is 0 Å². The van der Waals surface area contributed by atoms with Crippen LogP contribution in [0.25, 0.3) is 6.20 Å². The fourth-order valence-electron chi connectivity index (χ4n) is 1.05. The molecule has 1 aliphatic heterocycles. The maximum Gasteiger partial charge on any atom is 0.128 e. The molecule has 0 N–H and O–H groups in total. The van der Waals surface area contributed by atoms with Gasteiger partial charge >= 0.3 is 0 Å². The lowest BCUT2D eigenvalue weighted by molar-refractivity contribution is 0.220. The van der Waals surface area contributed by atoms with Gasteiger partial charge in [-0.1, -0.05) is 0 Å². The van der Waals surface area contributed by atoms with Crippen molar-refractivity contribution < 1.29 is 9.47 Å². The van der Waals surface area contributed by atoms with Crippen LogP contribution in [0.1, 0.15) is 5.69 Å². The van der Waals surface area contributed by atoms with Crippen molar-refractivity contribution in [2.75, 3.05) is 0 Å². The van der Waals surface area contributed by atoms with E-state index < -0.39 is 0 Å². The molecule has 0 fully saturated rings. The van der Waals surface area contributed by atoms with Gasteiger partial charge in [0.05, 0.1) is 5.69 Å². The molecule has 1 aliphatic rings. The van der Waals surface area contributed by atoms with E-state index in [0.29, 0.717) is 6.61 Å². The molecule has 0 atom stereocenters. The van der Waals surface area contributed by atoms with Gasteiger partial charge in [0.2, 0.25) is 0 Å². The highest BCUT2D eigenvalue weighted by molar-refractivity contribution is 5.26. The Morgan fingerprint density at radius 1 is 1.25 bits per heavy atom. The first-order chi connectivity index (χ1) is 5.97. The summed E-state index contributed by atoms with van der Waals surface area (Å²) in [5.41, 5.74) is 1.10. The quantitative estimate of drug-likeness (QED) is 0.583. The van der Waals surface area contributed by atoms with Gasteiger partial charge < -0.3 is 14.0 Å². The highest BCUT2D eigenvalue weighted by atomic mass is 16.5. The van der Waals surface area contributed by atoms with Crippen LogP contribution >= 0.6 is 0 Å². The largest absolute Gasteiger partial charge is 0.492 e. The van der Waals surface area contributed by atoms with Gasteiger partial charge in [-0.25, -0.2) is 0 Å². The second-order valence-corrected chi connectivity index (χ2v) is 2.41. The second kappa shape index (κ2) is 3.17. The van der Waals surface area contributed by atoms with Gasteiger partial charge in [0.1, 0.15) is 25.4 Å². The topological polar surface area (TPSA) is 23.4 Å². The van der Waals surface area contributed by atoms with Crippen LogP contribution in [0.5, 0.6) is 0 Å². The summed E-state index contributed by atoms with van der Waals surface area (Å²) in [6.07, 6.45) is 8.43. The Balaban J connectivity index is 2.29. The summed E-state index contributed by atoms with van der Waals surface area (Å²) in [6.45, 7) is 0.567. The van der Waals surface area contributed by atoms with E-state index in [4.69, 9.17) is 9.47 Å². The van der Waals surface area contributed by atoms with E-state index in [9.17, 15) is 0 Å². The lowest BCUT2D eigenvalue weighted by atomic mass is 10.4. The van der Waals surface area contributed by atoms with E-state index in [1.165, 1.54) is 12.5 Å². The molecule has 3 heteroatoms. The van der Waals surface area contributed by atoms with Crippen molar-refractivity contribution in [3.05, 3.63) is 42.8 Å². The van der Waals surface area contributed by atoms with Crippen LogP contribution in [0.2, 0.25) is 0 Å². The average molecular weight is 163 g/mol. The number of ether oxygens (including phenoxy) is 2. The first-order valence-corrected chi connectivity index (χ1v) is 3.71. The molecule has 2 heterocycles. The van der Waals surface area contributed by atoms with E-state index in [-0.39, 0.29) is 0 Å². The highest BCUT2D eigenvalue weighted by Crippen LogP contribution is 2.06. The van der Waals surface area contributed by atoms with Gasteiger partial charge in [0, 0.05) is 12.4 Å². The Kier molecular flexibility index (Phi) is 1.86. The minimum Gasteiger partial charge on any atom is -0.492 e. The van der Waals surface area contributed by atoms with Gasteiger partial charge in [0.25, 0.3) is 0 Å². The third kappa shape index (κ3) is 1.34. The Morgan fingerprint density at radius 2 is 2.25 bits per heavy atom. The van der Waals surface area contributed by atoms with E-state index in [2.05, 4.69) is 0 Å². The fourth-order valence-corrected chi connectivity index (χ4v) is 1.05. The molecule has 2 rings (SSSR count). The van der Waals surface area contributed by atoms with E-state index in [0.717, 1.165) is 5.69 Å². The molecular weight excluding hydrogens is 154 g/mol. The van der Waals surface area contributed by atoms with E-state index in [1.54, 1.807) is 6.26 Å². The molecule has 0 spiro atoms. The van der Waals surface area contributed by atoms with Crippen LogP contribution in [-0.2, 0) is 16.1 Å². The van der Waals surface area contributed by atoms with Gasteiger partial charge in [-0.15, -0.1) is 0 Å². The summed E-state index contributed by atoms with van der Waals surface area (Å²) in [4.78, 5) is 0. The normalized spacial score (nSPS) is 20.3. The third-order valence-corrected chi connectivity index (χ3v) is 1.63. The monoisotopic (exact) mass is 163 g/mol. The fraction of sp³-hybridized carbons (Fsp3) is 0.111. The number of rotatable bonds is 0. The van der Waals surface area contributed by atoms with Crippen LogP contribution in [0.15, 0.2) is 37.1 Å². The maximum atomic E-state index is 5.17. The lowest BCUT2D eigenvalue weighted by Crippen LogP contribution is -1.93. The molecular formula is C9H9NO2. The van der Waals surface area contributed by atoms with Crippen molar-refractivity contribution in [1.29, 1.82) is 0 Å². The SMILES string of the molecule is C1=C\OCc2cccn2/C=C\O/1. The molecule has 62 valence electrons. The number of fused-ring (bicyclic) bond motifs is 1. The Hall–Kier alpha value is -1.64. The number of hydrogen-bond donors (Lipinski definition) is 0. The van der Waals surface area contributed by atoms with Crippen LogP contribution in [0, 0.1) is 0 Å². The molecule has 0 aliphatic carbocycles. The van der Waals surface area contributed by atoms with Gasteiger partial charge in [-0.05, 0) is 12.1 Å². The molecule has 1 aromatic heterocycles. The van der Waals surface area contributed by atoms with Crippen LogP contribution < -0.4 is 0 Å². The summed E-state index contributed by atoms with van der Waals surface area (Å²) in [7, 11) is 0. The number of aromatic nitrogens is 1. The first kappa shape index (κ1) is 7.03. The van der Waals surface area contributed by atoms with Gasteiger partial charge in [-0.2, -0.15) is 0 Å². The van der Waals surface area contributed by atoms with Crippen molar-refractivity contribution in [2.24, 2.45) is 0 Å². The summed E-state index contributed by atoms with van der Waals surface area (Å²) in [5.74, 6) is 0. The lowest BCUT2D eigenvalue weighted by Gasteiger charge is -2.00. The number of nitrogens with zero attached hydrogens (tertiary/aromatic N) is 1. The van der Waals surface area contributed by atoms with Crippen molar-refractivity contribution in [2.45, 2.75) is 6.61 Å². The molecule has 0 unspecified atom stereocenters. The predicted molar refractivity (Wildman–Crippen MR) is 44.8 cm³/mol. The zero-order chi connectivity index (χ0) is 8.23. The summed E-state index contributed by atoms with van der Waals surface area (Å²) < 4.78 is 12.1. The highest BCUT2D eigenvalue weighted by Gasteiger charge is 1.97. The average Bonchev–Trinajstić information content (AvgIpc) is 2.50. The van der Waals surface area contributed by atoms with E-state index in [1.807, 2.05) is 29.1 Å². The molecule has 0 aromatic carbocycles. The maximum absolute atomic E-state index is 5.17. The van der Waals surface area contributed by atoms with Gasteiger partial charge in [-0.3, -0.25) is 0 Å². The summed E-state index contributed by atoms with van der Waals surface area (Å²) in [5, 5.41) is 0. The molecule has 1 aromatic rings. The Morgan fingerprint density at radius 3 is 3.25 bits per heavy atom. The van der Waals surface area contributed by atoms with Crippen molar-refractivity contribution in [3.8, 4) is 0 Å². The zero-order valence-corrected chi connectivity index (χ0v) is 6.51. The third-order valence-electron chi connectivity index (χ3n) is 1.63. The minimum absolute atomic E-state index is 0.567. The predicted octanol–water partition coefficient (Wildman–Crippen LogP) is 1.93. The van der Waals surface area contributed by atoms with Crippen LogP contribution in [0.3, 0.4) is 0 Å². The van der Waals surface area contributed by atoms with E-state index >= 15 is 0 Å². The zero-order valence-electron chi connectivity index (χ0n) is 6.51. The van der Waals surface area contributed by atoms with Gasteiger partial charge in [0.15, 0.2) is 0 Å². The standard InChI is InChI=1S/C9H9NO2/c1-2-9-8-12-7-6-11-5-4-10(9)3-1/h1-7H,8H2/b5-4-,7-6-. The first-order valence-electron chi connectivity index (χ1n) is 3.71. The molecule has 0 amide bonds. The Bertz CT molecular complexity index is 312. The van der Waals surface area contributed by atoms with Crippen molar-refractivity contribution in [1.82, 2.24) is 4.57 Å². The molecule has 0 saturated heterocycles. The Labute approximate surface area is 70.5 Å². The minimum atomic E-state index is 0.567.